The fourth-order valence-corrected chi connectivity index (χ4v) is 5.46. The van der Waals surface area contributed by atoms with Crippen molar-refractivity contribution in [2.45, 2.75) is 45.1 Å². The third kappa shape index (κ3) is 1.58. The monoisotopic (exact) mass is 307 g/mol. The van der Waals surface area contributed by atoms with Gasteiger partial charge in [-0.25, -0.2) is 4.79 Å². The van der Waals surface area contributed by atoms with Crippen LogP contribution >= 0.6 is 0 Å². The van der Waals surface area contributed by atoms with Crippen LogP contribution in [0.25, 0.3) is 0 Å². The molecular weight excluding hydrogens is 286 g/mol. The lowest BCUT2D eigenvalue weighted by Crippen LogP contribution is -2.73. The molecule has 1 amide bonds. The largest absolute Gasteiger partial charge is 0.508 e. The number of ether oxygens (including phenoxy) is 2. The number of carbonyl (C=O) groups excluding carboxylic acids is 3. The Hall–Kier alpha value is -1.59. The number of Topliss-reactive ketones (excluding diaryl/α,β-unsaturated/α-hetero) is 1. The summed E-state index contributed by atoms with van der Waals surface area (Å²) < 4.78 is 10.6. The van der Waals surface area contributed by atoms with Crippen LogP contribution in [0.2, 0.25) is 0 Å². The van der Waals surface area contributed by atoms with Crippen LogP contribution in [0.4, 0.5) is 4.79 Å². The van der Waals surface area contributed by atoms with E-state index in [9.17, 15) is 14.4 Å². The molecule has 2 aliphatic carbocycles. The summed E-state index contributed by atoms with van der Waals surface area (Å²) in [5, 5.41) is 0. The quantitative estimate of drug-likeness (QED) is 0.687. The summed E-state index contributed by atoms with van der Waals surface area (Å²) in [7, 11) is 0. The van der Waals surface area contributed by atoms with Gasteiger partial charge in [-0.1, -0.05) is 0 Å². The molecule has 2 aliphatic heterocycles. The fraction of sp³-hybridized carbons (Fsp3) is 0.812. The second kappa shape index (κ2) is 4.46. The highest BCUT2D eigenvalue weighted by Crippen LogP contribution is 2.62. The molecule has 2 saturated heterocycles. The summed E-state index contributed by atoms with van der Waals surface area (Å²) in [6.45, 7) is 3.33. The number of piperidine rings is 1. The molecule has 4 atom stereocenters. The van der Waals surface area contributed by atoms with E-state index < -0.39 is 17.7 Å². The van der Waals surface area contributed by atoms with E-state index in [1.807, 2.05) is 11.8 Å². The van der Waals surface area contributed by atoms with Gasteiger partial charge in [0.15, 0.2) is 0 Å². The van der Waals surface area contributed by atoms with E-state index in [2.05, 4.69) is 0 Å². The van der Waals surface area contributed by atoms with Crippen LogP contribution in [0.1, 0.15) is 39.0 Å². The van der Waals surface area contributed by atoms with Crippen LogP contribution in [0.3, 0.4) is 0 Å². The number of hydrogen-bond acceptors (Lipinski definition) is 5. The maximum Gasteiger partial charge on any atom is 0.508 e. The van der Waals surface area contributed by atoms with Crippen molar-refractivity contribution in [1.82, 2.24) is 4.90 Å². The number of carbonyl (C=O) groups is 3. The van der Waals surface area contributed by atoms with Gasteiger partial charge in [0, 0.05) is 25.9 Å². The summed E-state index contributed by atoms with van der Waals surface area (Å²) in [6, 6.07) is 0. The van der Waals surface area contributed by atoms with Crippen molar-refractivity contribution in [1.29, 1.82) is 0 Å². The Balaban J connectivity index is 1.82. The first kappa shape index (κ1) is 14.0. The van der Waals surface area contributed by atoms with Gasteiger partial charge in [-0.2, -0.15) is 0 Å². The minimum absolute atomic E-state index is 0.0437. The van der Waals surface area contributed by atoms with Crippen molar-refractivity contribution in [3.8, 4) is 0 Å². The highest BCUT2D eigenvalue weighted by molar-refractivity contribution is 5.88. The lowest BCUT2D eigenvalue weighted by atomic mass is 9.46. The zero-order valence-electron chi connectivity index (χ0n) is 12.8. The van der Waals surface area contributed by atoms with E-state index in [0.29, 0.717) is 44.6 Å². The maximum absolute atomic E-state index is 13.1. The van der Waals surface area contributed by atoms with Gasteiger partial charge in [-0.3, -0.25) is 9.59 Å². The Morgan fingerprint density at radius 1 is 1.27 bits per heavy atom. The van der Waals surface area contributed by atoms with E-state index in [1.165, 1.54) is 0 Å². The molecule has 2 saturated carbocycles. The molecule has 2 bridgehead atoms. The topological polar surface area (TPSA) is 72.9 Å². The van der Waals surface area contributed by atoms with Gasteiger partial charge in [-0.15, -0.1) is 0 Å². The molecule has 4 aliphatic rings. The average molecular weight is 307 g/mol. The number of cyclic esters (lactones) is 1. The van der Waals surface area contributed by atoms with E-state index in [-0.39, 0.29) is 23.8 Å². The van der Waals surface area contributed by atoms with Crippen molar-refractivity contribution in [3.63, 3.8) is 0 Å². The van der Waals surface area contributed by atoms with Gasteiger partial charge >= 0.3 is 6.16 Å². The molecule has 0 N–H and O–H groups in total. The van der Waals surface area contributed by atoms with Gasteiger partial charge in [-0.05, 0) is 37.5 Å². The molecule has 1 spiro atoms. The molecule has 0 aromatic heterocycles. The Morgan fingerprint density at radius 3 is 2.86 bits per heavy atom. The Labute approximate surface area is 129 Å². The first-order valence-corrected chi connectivity index (χ1v) is 8.16. The highest BCUT2D eigenvalue weighted by Gasteiger charge is 2.70. The van der Waals surface area contributed by atoms with Gasteiger partial charge in [0.1, 0.15) is 23.9 Å². The van der Waals surface area contributed by atoms with Crippen molar-refractivity contribution in [2.24, 2.45) is 16.7 Å². The molecule has 2 heterocycles. The lowest BCUT2D eigenvalue weighted by Gasteiger charge is -2.64. The lowest BCUT2D eigenvalue weighted by molar-refractivity contribution is -0.229. The average Bonchev–Trinajstić information content (AvgIpc) is 2.50. The minimum atomic E-state index is -0.777. The molecule has 0 aromatic rings. The zero-order chi connectivity index (χ0) is 15.5. The first-order valence-electron chi connectivity index (χ1n) is 8.16. The van der Waals surface area contributed by atoms with Crippen LogP contribution in [-0.4, -0.2) is 48.5 Å². The Kier molecular flexibility index (Phi) is 2.84. The summed E-state index contributed by atoms with van der Waals surface area (Å²) in [5.41, 5.74) is -0.927. The maximum atomic E-state index is 13.1. The molecule has 4 rings (SSSR count). The highest BCUT2D eigenvalue weighted by atomic mass is 16.7. The van der Waals surface area contributed by atoms with E-state index in [0.717, 1.165) is 6.42 Å². The standard InChI is InChI=1S/C16H21NO5/c1-2-17-8-15-6-5-12-16(13(17)19,9-21-14(20)22-12)11(15)4-3-10(18)7-15/h11-12H,2-9H2,1H3/t11?,12-,15+,16+/m1/s1. The number of rotatable bonds is 1. The molecule has 6 nitrogen and oxygen atoms in total. The van der Waals surface area contributed by atoms with E-state index in [4.69, 9.17) is 9.47 Å². The molecule has 22 heavy (non-hydrogen) atoms. The SMILES string of the molecule is CCN1C[C@@]23CC[C@H]4OC(=O)OC[C@]4(C1=O)C2CCC(=O)C3. The van der Waals surface area contributed by atoms with Gasteiger partial charge in [0.05, 0.1) is 0 Å². The van der Waals surface area contributed by atoms with Crippen LogP contribution in [-0.2, 0) is 19.1 Å². The van der Waals surface area contributed by atoms with Crippen molar-refractivity contribution < 1.29 is 23.9 Å². The molecule has 1 unspecified atom stereocenters. The predicted octanol–water partition coefficient (Wildman–Crippen LogP) is 1.52. The first-order chi connectivity index (χ1) is 10.5. The van der Waals surface area contributed by atoms with Crippen LogP contribution in [0.15, 0.2) is 0 Å². The number of amides is 1. The molecular formula is C16H21NO5. The van der Waals surface area contributed by atoms with Crippen molar-refractivity contribution in [3.05, 3.63) is 0 Å². The van der Waals surface area contributed by atoms with E-state index in [1.54, 1.807) is 0 Å². The summed E-state index contributed by atoms with van der Waals surface area (Å²) >= 11 is 0. The molecule has 0 radical (unpaired) electrons. The second-order valence-corrected chi connectivity index (χ2v) is 7.21. The number of likely N-dealkylation sites (tertiary alicyclic amines) is 1. The fourth-order valence-electron chi connectivity index (χ4n) is 5.46. The number of nitrogens with zero attached hydrogens (tertiary/aromatic N) is 1. The molecule has 4 fully saturated rings. The summed E-state index contributed by atoms with van der Waals surface area (Å²) in [4.78, 5) is 38.6. The Bertz CT molecular complexity index is 561. The summed E-state index contributed by atoms with van der Waals surface area (Å²) in [5.74, 6) is 0.422. The van der Waals surface area contributed by atoms with E-state index >= 15 is 0 Å². The van der Waals surface area contributed by atoms with Gasteiger partial charge < -0.3 is 14.4 Å². The third-order valence-corrected chi connectivity index (χ3v) is 6.34. The molecule has 6 heteroatoms. The minimum Gasteiger partial charge on any atom is -0.433 e. The van der Waals surface area contributed by atoms with Gasteiger partial charge in [0.2, 0.25) is 5.91 Å². The Morgan fingerprint density at radius 2 is 2.09 bits per heavy atom. The number of hydrogen-bond donors (Lipinski definition) is 0. The van der Waals surface area contributed by atoms with Crippen molar-refractivity contribution >= 4 is 17.8 Å². The van der Waals surface area contributed by atoms with Crippen LogP contribution in [0, 0.1) is 16.7 Å². The normalized spacial score (nSPS) is 43.9. The van der Waals surface area contributed by atoms with Gasteiger partial charge in [0.25, 0.3) is 0 Å². The van der Waals surface area contributed by atoms with Crippen molar-refractivity contribution in [2.75, 3.05) is 19.7 Å². The second-order valence-electron chi connectivity index (χ2n) is 7.21. The smallest absolute Gasteiger partial charge is 0.433 e. The van der Waals surface area contributed by atoms with Crippen LogP contribution < -0.4 is 0 Å². The predicted molar refractivity (Wildman–Crippen MR) is 74.9 cm³/mol. The molecule has 120 valence electrons. The molecule has 0 aromatic carbocycles. The zero-order valence-corrected chi connectivity index (χ0v) is 12.8. The van der Waals surface area contributed by atoms with Crippen LogP contribution in [0.5, 0.6) is 0 Å². The summed E-state index contributed by atoms with van der Waals surface area (Å²) in [6.07, 6.45) is 2.20. The third-order valence-electron chi connectivity index (χ3n) is 6.34. The number of ketones is 1.